The van der Waals surface area contributed by atoms with Gasteiger partial charge in [0.1, 0.15) is 0 Å². The van der Waals surface area contributed by atoms with E-state index in [-0.39, 0.29) is 12.2 Å². The van der Waals surface area contributed by atoms with E-state index in [1.54, 1.807) is 14.2 Å². The molecule has 0 spiro atoms. The summed E-state index contributed by atoms with van der Waals surface area (Å²) < 4.78 is 16.0. The second kappa shape index (κ2) is 4.14. The highest BCUT2D eigenvalue weighted by molar-refractivity contribution is 4.96. The van der Waals surface area contributed by atoms with E-state index in [4.69, 9.17) is 14.2 Å². The monoisotopic (exact) mass is 202 g/mol. The molecule has 2 rings (SSSR count). The Bertz CT molecular complexity index is 197. The van der Waals surface area contributed by atoms with Gasteiger partial charge < -0.3 is 19.3 Å². The summed E-state index contributed by atoms with van der Waals surface area (Å²) >= 11 is 0. The van der Waals surface area contributed by atoms with Crippen LogP contribution in [-0.2, 0) is 14.2 Å². The van der Waals surface area contributed by atoms with Crippen LogP contribution in [0.15, 0.2) is 0 Å². The van der Waals surface area contributed by atoms with Crippen molar-refractivity contribution in [2.45, 2.75) is 31.3 Å². The lowest BCUT2D eigenvalue weighted by atomic mass is 9.93. The Labute approximate surface area is 84.1 Å². The third-order valence-corrected chi connectivity index (χ3v) is 3.44. The molecular weight excluding hydrogens is 184 g/mol. The fourth-order valence-electron chi connectivity index (χ4n) is 2.80. The van der Waals surface area contributed by atoms with Gasteiger partial charge in [-0.05, 0) is 5.92 Å². The average molecular weight is 202 g/mol. The molecule has 0 aromatic rings. The molecule has 1 saturated carbocycles. The van der Waals surface area contributed by atoms with E-state index in [1.165, 1.54) is 0 Å². The normalized spacial score (nSPS) is 46.9. The number of methoxy groups -OCH3 is 2. The van der Waals surface area contributed by atoms with Gasteiger partial charge in [0, 0.05) is 33.0 Å². The molecular formula is C10H18O4. The first-order valence-corrected chi connectivity index (χ1v) is 5.11. The highest BCUT2D eigenvalue weighted by Crippen LogP contribution is 2.43. The number of rotatable bonds is 3. The van der Waals surface area contributed by atoms with Crippen molar-refractivity contribution in [3.8, 4) is 0 Å². The SMILES string of the molecule is COC[C@H]1C2CC(O)O[C@@H]2C[C@@H]1OC. The van der Waals surface area contributed by atoms with Crippen LogP contribution >= 0.6 is 0 Å². The van der Waals surface area contributed by atoms with Gasteiger partial charge in [-0.25, -0.2) is 0 Å². The maximum absolute atomic E-state index is 9.38. The van der Waals surface area contributed by atoms with Gasteiger partial charge in [-0.3, -0.25) is 0 Å². The maximum Gasteiger partial charge on any atom is 0.155 e. The second-order valence-corrected chi connectivity index (χ2v) is 4.16. The highest BCUT2D eigenvalue weighted by Gasteiger charge is 2.49. The van der Waals surface area contributed by atoms with Gasteiger partial charge in [0.15, 0.2) is 6.29 Å². The number of hydrogen-bond acceptors (Lipinski definition) is 4. The molecule has 5 atom stereocenters. The molecule has 2 aliphatic rings. The van der Waals surface area contributed by atoms with Crippen LogP contribution in [0.4, 0.5) is 0 Å². The zero-order valence-corrected chi connectivity index (χ0v) is 8.68. The summed E-state index contributed by atoms with van der Waals surface area (Å²) in [6.07, 6.45) is 1.40. The van der Waals surface area contributed by atoms with E-state index in [9.17, 15) is 5.11 Å². The van der Waals surface area contributed by atoms with E-state index in [2.05, 4.69) is 0 Å². The number of aliphatic hydroxyl groups is 1. The Morgan fingerprint density at radius 2 is 2.14 bits per heavy atom. The number of aliphatic hydroxyl groups excluding tert-OH is 1. The average Bonchev–Trinajstić information content (AvgIpc) is 2.64. The molecule has 0 radical (unpaired) electrons. The molecule has 1 saturated heterocycles. The Hall–Kier alpha value is -0.160. The lowest BCUT2D eigenvalue weighted by Crippen LogP contribution is -2.26. The molecule has 4 nitrogen and oxygen atoms in total. The Kier molecular flexibility index (Phi) is 3.07. The maximum atomic E-state index is 9.38. The second-order valence-electron chi connectivity index (χ2n) is 4.16. The van der Waals surface area contributed by atoms with Crippen molar-refractivity contribution in [2.24, 2.45) is 11.8 Å². The van der Waals surface area contributed by atoms with Crippen LogP contribution in [0.5, 0.6) is 0 Å². The molecule has 2 unspecified atom stereocenters. The van der Waals surface area contributed by atoms with Gasteiger partial charge in [0.05, 0.1) is 18.8 Å². The summed E-state index contributed by atoms with van der Waals surface area (Å²) in [5.74, 6) is 0.766. The Balaban J connectivity index is 2.02. The summed E-state index contributed by atoms with van der Waals surface area (Å²) in [6, 6.07) is 0. The number of fused-ring (bicyclic) bond motifs is 1. The quantitative estimate of drug-likeness (QED) is 0.719. The molecule has 0 amide bonds. The van der Waals surface area contributed by atoms with Crippen molar-refractivity contribution >= 4 is 0 Å². The standard InChI is InChI=1S/C10H18O4/c1-12-5-7-6-3-10(11)14-9(6)4-8(7)13-2/h6-11H,3-5H2,1-2H3/t6?,7-,8-,9+,10?/m0/s1. The number of ether oxygens (including phenoxy) is 3. The van der Waals surface area contributed by atoms with E-state index in [1.807, 2.05) is 0 Å². The zero-order valence-electron chi connectivity index (χ0n) is 8.68. The van der Waals surface area contributed by atoms with Crippen molar-refractivity contribution in [2.75, 3.05) is 20.8 Å². The van der Waals surface area contributed by atoms with E-state index < -0.39 is 6.29 Å². The minimum absolute atomic E-state index is 0.162. The summed E-state index contributed by atoms with van der Waals surface area (Å²) in [5, 5.41) is 9.38. The van der Waals surface area contributed by atoms with Crippen molar-refractivity contribution in [3.05, 3.63) is 0 Å². The highest BCUT2D eigenvalue weighted by atomic mass is 16.6. The fourth-order valence-corrected chi connectivity index (χ4v) is 2.80. The lowest BCUT2D eigenvalue weighted by molar-refractivity contribution is -0.0970. The number of hydrogen-bond donors (Lipinski definition) is 1. The van der Waals surface area contributed by atoms with Crippen LogP contribution in [0.3, 0.4) is 0 Å². The van der Waals surface area contributed by atoms with Crippen molar-refractivity contribution in [1.29, 1.82) is 0 Å². The van der Waals surface area contributed by atoms with Crippen LogP contribution in [0, 0.1) is 11.8 Å². The van der Waals surface area contributed by atoms with E-state index in [0.29, 0.717) is 18.4 Å². The fraction of sp³-hybridized carbons (Fsp3) is 1.00. The van der Waals surface area contributed by atoms with Crippen LogP contribution in [0.25, 0.3) is 0 Å². The molecule has 82 valence electrons. The summed E-state index contributed by atoms with van der Waals surface area (Å²) in [5.41, 5.74) is 0. The molecule has 0 aromatic carbocycles. The molecule has 1 N–H and O–H groups in total. The molecule has 4 heteroatoms. The van der Waals surface area contributed by atoms with Gasteiger partial charge in [-0.2, -0.15) is 0 Å². The van der Waals surface area contributed by atoms with E-state index >= 15 is 0 Å². The van der Waals surface area contributed by atoms with Crippen LogP contribution in [0.2, 0.25) is 0 Å². The summed E-state index contributed by atoms with van der Waals surface area (Å²) in [4.78, 5) is 0. The third kappa shape index (κ3) is 1.67. The molecule has 1 aliphatic heterocycles. The molecule has 1 heterocycles. The Morgan fingerprint density at radius 3 is 2.79 bits per heavy atom. The van der Waals surface area contributed by atoms with Crippen molar-refractivity contribution in [1.82, 2.24) is 0 Å². The topological polar surface area (TPSA) is 47.9 Å². The van der Waals surface area contributed by atoms with Crippen molar-refractivity contribution in [3.63, 3.8) is 0 Å². The third-order valence-electron chi connectivity index (χ3n) is 3.44. The minimum Gasteiger partial charge on any atom is -0.384 e. The molecule has 1 aliphatic carbocycles. The van der Waals surface area contributed by atoms with Gasteiger partial charge in [-0.15, -0.1) is 0 Å². The first-order valence-electron chi connectivity index (χ1n) is 5.11. The summed E-state index contributed by atoms with van der Waals surface area (Å²) in [7, 11) is 3.43. The van der Waals surface area contributed by atoms with Gasteiger partial charge in [0.25, 0.3) is 0 Å². The van der Waals surface area contributed by atoms with Crippen LogP contribution in [0.1, 0.15) is 12.8 Å². The predicted molar refractivity (Wildman–Crippen MR) is 49.8 cm³/mol. The molecule has 14 heavy (non-hydrogen) atoms. The van der Waals surface area contributed by atoms with Crippen LogP contribution in [-0.4, -0.2) is 44.4 Å². The lowest BCUT2D eigenvalue weighted by Gasteiger charge is -2.21. The van der Waals surface area contributed by atoms with Gasteiger partial charge in [-0.1, -0.05) is 0 Å². The van der Waals surface area contributed by atoms with Crippen molar-refractivity contribution < 1.29 is 19.3 Å². The van der Waals surface area contributed by atoms with Gasteiger partial charge in [0.2, 0.25) is 0 Å². The first-order chi connectivity index (χ1) is 6.76. The predicted octanol–water partition coefficient (Wildman–Crippen LogP) is 0.391. The molecule has 0 bridgehead atoms. The van der Waals surface area contributed by atoms with E-state index in [0.717, 1.165) is 12.8 Å². The largest absolute Gasteiger partial charge is 0.384 e. The van der Waals surface area contributed by atoms with Gasteiger partial charge >= 0.3 is 0 Å². The first kappa shape index (κ1) is 10.4. The zero-order chi connectivity index (χ0) is 10.1. The molecule has 2 fully saturated rings. The summed E-state index contributed by atoms with van der Waals surface area (Å²) in [6.45, 7) is 0.690. The smallest absolute Gasteiger partial charge is 0.155 e. The Morgan fingerprint density at radius 1 is 1.36 bits per heavy atom. The molecule has 0 aromatic heterocycles. The van der Waals surface area contributed by atoms with Crippen LogP contribution < -0.4 is 0 Å². The minimum atomic E-state index is -0.581.